The number of nitrogens with zero attached hydrogens (tertiary/aromatic N) is 1. The van der Waals surface area contributed by atoms with Crippen molar-refractivity contribution >= 4 is 52.3 Å². The molecule has 4 nitrogen and oxygen atoms in total. The van der Waals surface area contributed by atoms with Crippen molar-refractivity contribution in [2.24, 2.45) is 11.8 Å². The molecule has 7 heteroatoms. The molecule has 0 radical (unpaired) electrons. The average Bonchev–Trinajstić information content (AvgIpc) is 3.04. The minimum absolute atomic E-state index is 0. The van der Waals surface area contributed by atoms with Crippen molar-refractivity contribution < 1.29 is 4.79 Å². The number of amides is 1. The van der Waals surface area contributed by atoms with Gasteiger partial charge in [0.15, 0.2) is 0 Å². The van der Waals surface area contributed by atoms with Gasteiger partial charge in [-0.05, 0) is 68.5 Å². The summed E-state index contributed by atoms with van der Waals surface area (Å²) in [7, 11) is 0. The Morgan fingerprint density at radius 1 is 1.23 bits per heavy atom. The zero-order valence-corrected chi connectivity index (χ0v) is 18.5. The van der Waals surface area contributed by atoms with Crippen LogP contribution in [-0.2, 0) is 4.79 Å². The Balaban J connectivity index is 0.00000169. The standard InChI is InChI=1S/C19H28BrN3O.2ClH/c1-14(15-6-9-21-10-7-15)12-19(24)22-17-8-11-23(13-17)18-4-2-16(20)3-5-18;;/h2-5,14-15,17,21H,6-13H2,1H3,(H,22,24);2*1H. The van der Waals surface area contributed by atoms with E-state index in [1.54, 1.807) is 0 Å². The van der Waals surface area contributed by atoms with E-state index < -0.39 is 0 Å². The summed E-state index contributed by atoms with van der Waals surface area (Å²) in [5.74, 6) is 1.40. The normalized spacial score (nSPS) is 21.5. The summed E-state index contributed by atoms with van der Waals surface area (Å²) < 4.78 is 1.10. The van der Waals surface area contributed by atoms with Gasteiger partial charge in [-0.3, -0.25) is 4.79 Å². The zero-order chi connectivity index (χ0) is 16.9. The van der Waals surface area contributed by atoms with Gasteiger partial charge in [-0.2, -0.15) is 0 Å². The highest BCUT2D eigenvalue weighted by atomic mass is 79.9. The smallest absolute Gasteiger partial charge is 0.220 e. The molecule has 2 N–H and O–H groups in total. The number of halogens is 3. The van der Waals surface area contributed by atoms with Crippen LogP contribution in [0.15, 0.2) is 28.7 Å². The van der Waals surface area contributed by atoms with E-state index in [1.807, 2.05) is 0 Å². The molecule has 0 saturated carbocycles. The number of carbonyl (C=O) groups excluding carboxylic acids is 1. The summed E-state index contributed by atoms with van der Waals surface area (Å²) >= 11 is 3.47. The van der Waals surface area contributed by atoms with E-state index in [0.29, 0.717) is 18.3 Å². The number of hydrogen-bond donors (Lipinski definition) is 2. The lowest BCUT2D eigenvalue weighted by Gasteiger charge is -2.28. The molecule has 2 unspecified atom stereocenters. The summed E-state index contributed by atoms with van der Waals surface area (Å²) in [5, 5.41) is 6.65. The molecule has 26 heavy (non-hydrogen) atoms. The van der Waals surface area contributed by atoms with Gasteiger partial charge < -0.3 is 15.5 Å². The van der Waals surface area contributed by atoms with Crippen LogP contribution < -0.4 is 15.5 Å². The van der Waals surface area contributed by atoms with E-state index in [0.717, 1.165) is 37.1 Å². The van der Waals surface area contributed by atoms with E-state index in [4.69, 9.17) is 0 Å². The first-order valence-corrected chi connectivity index (χ1v) is 9.91. The van der Waals surface area contributed by atoms with Gasteiger partial charge in [0.1, 0.15) is 0 Å². The van der Waals surface area contributed by atoms with Gasteiger partial charge in [0.2, 0.25) is 5.91 Å². The van der Waals surface area contributed by atoms with Gasteiger partial charge in [-0.1, -0.05) is 22.9 Å². The van der Waals surface area contributed by atoms with E-state index >= 15 is 0 Å². The highest BCUT2D eigenvalue weighted by Crippen LogP contribution is 2.25. The van der Waals surface area contributed by atoms with Gasteiger partial charge in [0.05, 0.1) is 0 Å². The molecule has 1 amide bonds. The fourth-order valence-electron chi connectivity index (χ4n) is 3.92. The van der Waals surface area contributed by atoms with Crippen molar-refractivity contribution in [3.8, 4) is 0 Å². The van der Waals surface area contributed by atoms with Crippen LogP contribution in [0, 0.1) is 11.8 Å². The van der Waals surface area contributed by atoms with Crippen LogP contribution in [0.2, 0.25) is 0 Å². The molecule has 0 aliphatic carbocycles. The molecular formula is C19H30BrCl2N3O. The Labute approximate surface area is 177 Å². The largest absolute Gasteiger partial charge is 0.369 e. The topological polar surface area (TPSA) is 44.4 Å². The van der Waals surface area contributed by atoms with Crippen LogP contribution in [0.25, 0.3) is 0 Å². The second-order valence-corrected chi connectivity index (χ2v) is 8.16. The predicted octanol–water partition coefficient (Wildman–Crippen LogP) is 4.01. The molecule has 1 aromatic rings. The number of anilines is 1. The number of nitrogens with one attached hydrogen (secondary N) is 2. The Kier molecular flexibility index (Phi) is 10.3. The molecule has 2 fully saturated rings. The molecule has 0 bridgehead atoms. The maximum Gasteiger partial charge on any atom is 0.220 e. The Hall–Kier alpha value is -0.490. The highest BCUT2D eigenvalue weighted by Gasteiger charge is 2.26. The lowest BCUT2D eigenvalue weighted by atomic mass is 9.84. The molecule has 3 rings (SSSR count). The third-order valence-electron chi connectivity index (χ3n) is 5.44. The van der Waals surface area contributed by atoms with Crippen molar-refractivity contribution in [3.63, 3.8) is 0 Å². The van der Waals surface area contributed by atoms with Crippen LogP contribution >= 0.6 is 40.7 Å². The fourth-order valence-corrected chi connectivity index (χ4v) is 4.19. The van der Waals surface area contributed by atoms with Crippen molar-refractivity contribution in [2.45, 2.75) is 38.6 Å². The molecule has 2 aliphatic rings. The average molecular weight is 467 g/mol. The summed E-state index contributed by atoms with van der Waals surface area (Å²) in [6.07, 6.45) is 4.10. The molecule has 0 spiro atoms. The maximum absolute atomic E-state index is 12.4. The summed E-state index contributed by atoms with van der Waals surface area (Å²) in [4.78, 5) is 14.7. The zero-order valence-electron chi connectivity index (χ0n) is 15.2. The predicted molar refractivity (Wildman–Crippen MR) is 117 cm³/mol. The second-order valence-electron chi connectivity index (χ2n) is 7.24. The number of carbonyl (C=O) groups is 1. The second kappa shape index (κ2) is 11.4. The molecule has 1 aromatic carbocycles. The van der Waals surface area contributed by atoms with Gasteiger partial charge in [0, 0.05) is 35.7 Å². The van der Waals surface area contributed by atoms with E-state index in [9.17, 15) is 4.79 Å². The lowest BCUT2D eigenvalue weighted by molar-refractivity contribution is -0.122. The third-order valence-corrected chi connectivity index (χ3v) is 5.97. The van der Waals surface area contributed by atoms with Gasteiger partial charge in [-0.25, -0.2) is 0 Å². The van der Waals surface area contributed by atoms with Gasteiger partial charge in [-0.15, -0.1) is 24.8 Å². The minimum Gasteiger partial charge on any atom is -0.369 e. The SMILES string of the molecule is CC(CC(=O)NC1CCN(c2ccc(Br)cc2)C1)C1CCNCC1.Cl.Cl. The molecular weight excluding hydrogens is 437 g/mol. The van der Waals surface area contributed by atoms with Crippen molar-refractivity contribution in [1.29, 1.82) is 0 Å². The maximum atomic E-state index is 12.4. The van der Waals surface area contributed by atoms with Gasteiger partial charge >= 0.3 is 0 Å². The van der Waals surface area contributed by atoms with Crippen LogP contribution in [0.5, 0.6) is 0 Å². The molecule has 148 valence electrons. The van der Waals surface area contributed by atoms with Crippen molar-refractivity contribution in [3.05, 3.63) is 28.7 Å². The van der Waals surface area contributed by atoms with Crippen LogP contribution in [-0.4, -0.2) is 38.1 Å². The molecule has 2 heterocycles. The first-order valence-electron chi connectivity index (χ1n) is 9.12. The van der Waals surface area contributed by atoms with Crippen LogP contribution in [0.1, 0.15) is 32.6 Å². The number of rotatable bonds is 5. The molecule has 2 saturated heterocycles. The van der Waals surface area contributed by atoms with Crippen LogP contribution in [0.3, 0.4) is 0 Å². The Bertz CT molecular complexity index is 552. The quantitative estimate of drug-likeness (QED) is 0.688. The summed E-state index contributed by atoms with van der Waals surface area (Å²) in [6.45, 7) is 6.35. The fraction of sp³-hybridized carbons (Fsp3) is 0.632. The number of piperidine rings is 1. The number of hydrogen-bond acceptors (Lipinski definition) is 3. The Morgan fingerprint density at radius 3 is 2.54 bits per heavy atom. The van der Waals surface area contributed by atoms with Gasteiger partial charge in [0.25, 0.3) is 0 Å². The van der Waals surface area contributed by atoms with E-state index in [2.05, 4.69) is 62.7 Å². The third kappa shape index (κ3) is 6.59. The van der Waals surface area contributed by atoms with Crippen LogP contribution in [0.4, 0.5) is 5.69 Å². The molecule has 2 aliphatic heterocycles. The first-order chi connectivity index (χ1) is 11.6. The first kappa shape index (κ1) is 23.5. The lowest BCUT2D eigenvalue weighted by Crippen LogP contribution is -2.39. The molecule has 0 aromatic heterocycles. The number of benzene rings is 1. The van der Waals surface area contributed by atoms with E-state index in [-0.39, 0.29) is 36.8 Å². The summed E-state index contributed by atoms with van der Waals surface area (Å²) in [6, 6.07) is 8.69. The van der Waals surface area contributed by atoms with Crippen molar-refractivity contribution in [2.75, 3.05) is 31.1 Å². The summed E-state index contributed by atoms with van der Waals surface area (Å²) in [5.41, 5.74) is 1.23. The Morgan fingerprint density at radius 2 is 1.88 bits per heavy atom. The molecule has 2 atom stereocenters. The van der Waals surface area contributed by atoms with E-state index in [1.165, 1.54) is 18.5 Å². The van der Waals surface area contributed by atoms with Crippen molar-refractivity contribution in [1.82, 2.24) is 10.6 Å². The minimum atomic E-state index is 0. The monoisotopic (exact) mass is 465 g/mol. The highest BCUT2D eigenvalue weighted by molar-refractivity contribution is 9.10.